The minimum absolute atomic E-state index is 0.0865. The second kappa shape index (κ2) is 5.18. The Morgan fingerprint density at radius 1 is 1.50 bits per heavy atom. The first-order chi connectivity index (χ1) is 9.56. The van der Waals surface area contributed by atoms with Crippen LogP contribution in [0.25, 0.3) is 10.2 Å². The number of carbonyl (C=O) groups is 1. The summed E-state index contributed by atoms with van der Waals surface area (Å²) in [6.45, 7) is 1.95. The van der Waals surface area contributed by atoms with Gasteiger partial charge in [0.1, 0.15) is 4.83 Å². The highest BCUT2D eigenvalue weighted by molar-refractivity contribution is 7.20. The van der Waals surface area contributed by atoms with Crippen molar-refractivity contribution in [1.82, 2.24) is 15.1 Å². The minimum Gasteiger partial charge on any atom is -0.391 e. The highest BCUT2D eigenvalue weighted by atomic mass is 32.1. The van der Waals surface area contributed by atoms with E-state index in [1.807, 2.05) is 24.7 Å². The normalized spacial score (nSPS) is 23.1. The number of aliphatic hydroxyl groups excluding tert-OH is 1. The lowest BCUT2D eigenvalue weighted by atomic mass is 9.92. The van der Waals surface area contributed by atoms with Gasteiger partial charge in [-0.1, -0.05) is 12.8 Å². The largest absolute Gasteiger partial charge is 0.391 e. The van der Waals surface area contributed by atoms with Crippen LogP contribution in [0.3, 0.4) is 0 Å². The Balaban J connectivity index is 1.80. The molecule has 2 aromatic heterocycles. The molecular formula is C14H19N3O2S. The summed E-state index contributed by atoms with van der Waals surface area (Å²) in [4.78, 5) is 14.0. The van der Waals surface area contributed by atoms with Gasteiger partial charge in [0.2, 0.25) is 0 Å². The van der Waals surface area contributed by atoms with Gasteiger partial charge in [-0.25, -0.2) is 0 Å². The van der Waals surface area contributed by atoms with Crippen LogP contribution < -0.4 is 5.32 Å². The molecule has 2 N–H and O–H groups in total. The molecule has 2 heterocycles. The zero-order valence-corrected chi connectivity index (χ0v) is 12.5. The van der Waals surface area contributed by atoms with Crippen LogP contribution in [-0.2, 0) is 7.05 Å². The van der Waals surface area contributed by atoms with E-state index in [0.29, 0.717) is 4.88 Å². The van der Waals surface area contributed by atoms with Gasteiger partial charge in [-0.3, -0.25) is 9.48 Å². The fraction of sp³-hybridized carbons (Fsp3) is 0.571. The molecule has 2 aromatic rings. The first kappa shape index (κ1) is 13.6. The molecule has 5 nitrogen and oxygen atoms in total. The lowest BCUT2D eigenvalue weighted by Gasteiger charge is -2.28. The van der Waals surface area contributed by atoms with Crippen molar-refractivity contribution in [2.75, 3.05) is 0 Å². The van der Waals surface area contributed by atoms with Crippen molar-refractivity contribution in [3.05, 3.63) is 16.6 Å². The Kier molecular flexibility index (Phi) is 3.52. The SMILES string of the molecule is Cc1nn(C)c2sc(C(=O)N[C@H]3CCCC[C@@H]3O)cc12. The molecule has 0 aliphatic heterocycles. The maximum absolute atomic E-state index is 12.3. The van der Waals surface area contributed by atoms with Crippen molar-refractivity contribution in [1.29, 1.82) is 0 Å². The molecule has 20 heavy (non-hydrogen) atoms. The zero-order chi connectivity index (χ0) is 14.3. The summed E-state index contributed by atoms with van der Waals surface area (Å²) >= 11 is 1.45. The number of rotatable bonds is 2. The molecular weight excluding hydrogens is 274 g/mol. The second-order valence-corrected chi connectivity index (χ2v) is 6.50. The van der Waals surface area contributed by atoms with Crippen LogP contribution in [0.15, 0.2) is 6.07 Å². The van der Waals surface area contributed by atoms with Crippen molar-refractivity contribution in [2.45, 2.75) is 44.8 Å². The number of aliphatic hydroxyl groups is 1. The fourth-order valence-electron chi connectivity index (χ4n) is 2.84. The van der Waals surface area contributed by atoms with Gasteiger partial charge in [-0.2, -0.15) is 5.10 Å². The van der Waals surface area contributed by atoms with E-state index < -0.39 is 6.10 Å². The monoisotopic (exact) mass is 293 g/mol. The summed E-state index contributed by atoms with van der Waals surface area (Å²) in [6.07, 6.45) is 3.34. The minimum atomic E-state index is -0.412. The number of nitrogens with zero attached hydrogens (tertiary/aromatic N) is 2. The molecule has 1 aliphatic carbocycles. The number of nitrogens with one attached hydrogen (secondary N) is 1. The first-order valence-corrected chi connectivity index (χ1v) is 7.80. The number of thiophene rings is 1. The summed E-state index contributed by atoms with van der Waals surface area (Å²) in [5, 5.41) is 18.3. The van der Waals surface area contributed by atoms with Gasteiger partial charge < -0.3 is 10.4 Å². The van der Waals surface area contributed by atoms with Gasteiger partial charge in [0.05, 0.1) is 22.7 Å². The first-order valence-electron chi connectivity index (χ1n) is 6.98. The van der Waals surface area contributed by atoms with E-state index in [0.717, 1.165) is 41.6 Å². The molecule has 0 saturated heterocycles. The predicted molar refractivity (Wildman–Crippen MR) is 79.1 cm³/mol. The summed E-state index contributed by atoms with van der Waals surface area (Å²) in [7, 11) is 1.89. The highest BCUT2D eigenvalue weighted by Gasteiger charge is 2.25. The van der Waals surface area contributed by atoms with Crippen LogP contribution in [0.4, 0.5) is 0 Å². The van der Waals surface area contributed by atoms with Crippen LogP contribution in [0.1, 0.15) is 41.0 Å². The Hall–Kier alpha value is -1.40. The standard InChI is InChI=1S/C14H19N3O2S/c1-8-9-7-12(20-14(9)17(2)16-8)13(19)15-10-5-3-4-6-11(10)18/h7,10-11,18H,3-6H2,1-2H3,(H,15,19)/t10-,11-/m0/s1. The lowest BCUT2D eigenvalue weighted by molar-refractivity contribution is 0.0720. The Morgan fingerprint density at radius 2 is 2.25 bits per heavy atom. The molecule has 2 atom stereocenters. The molecule has 1 aliphatic rings. The van der Waals surface area contributed by atoms with Gasteiger partial charge >= 0.3 is 0 Å². The van der Waals surface area contributed by atoms with Crippen molar-refractivity contribution < 1.29 is 9.90 Å². The average Bonchev–Trinajstić information content (AvgIpc) is 2.95. The van der Waals surface area contributed by atoms with Crippen molar-refractivity contribution in [2.24, 2.45) is 7.05 Å². The van der Waals surface area contributed by atoms with Crippen molar-refractivity contribution in [3.8, 4) is 0 Å². The molecule has 3 rings (SSSR count). The van der Waals surface area contributed by atoms with Crippen LogP contribution >= 0.6 is 11.3 Å². The molecule has 1 amide bonds. The Morgan fingerprint density at radius 3 is 2.95 bits per heavy atom. The van der Waals surface area contributed by atoms with E-state index in [-0.39, 0.29) is 11.9 Å². The predicted octanol–water partition coefficient (Wildman–Crippen LogP) is 1.98. The molecule has 6 heteroatoms. The third-order valence-corrected chi connectivity index (χ3v) is 5.17. The highest BCUT2D eigenvalue weighted by Crippen LogP contribution is 2.28. The van der Waals surface area contributed by atoms with Gasteiger partial charge in [0.25, 0.3) is 5.91 Å². The van der Waals surface area contributed by atoms with Gasteiger partial charge in [-0.05, 0) is 25.8 Å². The molecule has 108 valence electrons. The van der Waals surface area contributed by atoms with Gasteiger partial charge in [0.15, 0.2) is 0 Å². The smallest absolute Gasteiger partial charge is 0.261 e. The average molecular weight is 293 g/mol. The van der Waals surface area contributed by atoms with E-state index in [2.05, 4.69) is 10.4 Å². The quantitative estimate of drug-likeness (QED) is 0.889. The summed E-state index contributed by atoms with van der Waals surface area (Å²) < 4.78 is 1.81. The molecule has 0 bridgehead atoms. The maximum atomic E-state index is 12.3. The van der Waals surface area contributed by atoms with E-state index in [1.54, 1.807) is 0 Å². The topological polar surface area (TPSA) is 67.2 Å². The fourth-order valence-corrected chi connectivity index (χ4v) is 3.86. The molecule has 1 saturated carbocycles. The number of amides is 1. The molecule has 0 radical (unpaired) electrons. The van der Waals surface area contributed by atoms with Crippen LogP contribution in [0.2, 0.25) is 0 Å². The molecule has 0 spiro atoms. The third-order valence-electron chi connectivity index (χ3n) is 3.97. The molecule has 0 aromatic carbocycles. The number of hydrogen-bond donors (Lipinski definition) is 2. The summed E-state index contributed by atoms with van der Waals surface area (Å²) in [5.41, 5.74) is 0.940. The van der Waals surface area contributed by atoms with E-state index in [4.69, 9.17) is 0 Å². The number of aromatic nitrogens is 2. The Labute approximate surface area is 121 Å². The molecule has 1 fully saturated rings. The van der Waals surface area contributed by atoms with Gasteiger partial charge in [-0.15, -0.1) is 11.3 Å². The van der Waals surface area contributed by atoms with Crippen LogP contribution in [0, 0.1) is 6.92 Å². The summed E-state index contributed by atoms with van der Waals surface area (Å²) in [5.74, 6) is -0.0865. The second-order valence-electron chi connectivity index (χ2n) is 5.47. The third kappa shape index (κ3) is 2.33. The van der Waals surface area contributed by atoms with E-state index >= 15 is 0 Å². The van der Waals surface area contributed by atoms with Crippen LogP contribution in [-0.4, -0.2) is 32.9 Å². The Bertz CT molecular complexity index is 612. The zero-order valence-electron chi connectivity index (χ0n) is 11.7. The number of carbonyl (C=O) groups excluding carboxylic acids is 1. The summed E-state index contributed by atoms with van der Waals surface area (Å²) in [6, 6.07) is 1.79. The maximum Gasteiger partial charge on any atom is 0.261 e. The van der Waals surface area contributed by atoms with E-state index in [1.165, 1.54) is 11.3 Å². The van der Waals surface area contributed by atoms with Crippen molar-refractivity contribution >= 4 is 27.5 Å². The lowest BCUT2D eigenvalue weighted by Crippen LogP contribution is -2.44. The number of aryl methyl sites for hydroxylation is 2. The number of fused-ring (bicyclic) bond motifs is 1. The van der Waals surface area contributed by atoms with Crippen LogP contribution in [0.5, 0.6) is 0 Å². The number of hydrogen-bond acceptors (Lipinski definition) is 4. The van der Waals surface area contributed by atoms with Crippen molar-refractivity contribution in [3.63, 3.8) is 0 Å². The molecule has 0 unspecified atom stereocenters. The van der Waals surface area contributed by atoms with Gasteiger partial charge in [0, 0.05) is 12.4 Å². The van der Waals surface area contributed by atoms with E-state index in [9.17, 15) is 9.90 Å².